The Morgan fingerprint density at radius 1 is 1.20 bits per heavy atom. The monoisotopic (exact) mass is 338 g/mol. The second-order valence-corrected chi connectivity index (χ2v) is 7.73. The normalized spacial score (nSPS) is 25.6. The summed E-state index contributed by atoms with van der Waals surface area (Å²) < 4.78 is 0. The van der Waals surface area contributed by atoms with Crippen molar-refractivity contribution in [2.75, 3.05) is 19.6 Å². The second-order valence-electron chi connectivity index (χ2n) is 7.73. The molecule has 1 aliphatic heterocycles. The highest BCUT2D eigenvalue weighted by Gasteiger charge is 2.38. The lowest BCUT2D eigenvalue weighted by Gasteiger charge is -2.45. The number of nitrogens with two attached hydrogens (primary N) is 1. The molecule has 0 amide bonds. The molecule has 2 aromatic carbocycles. The highest BCUT2D eigenvalue weighted by molar-refractivity contribution is 5.33. The summed E-state index contributed by atoms with van der Waals surface area (Å²) in [4.78, 5) is 2.54. The summed E-state index contributed by atoms with van der Waals surface area (Å²) in [5.74, 6) is 0.901. The van der Waals surface area contributed by atoms with Gasteiger partial charge in [-0.3, -0.25) is 0 Å². The number of aromatic hydroxyl groups is 1. The van der Waals surface area contributed by atoms with Crippen molar-refractivity contribution in [1.29, 1.82) is 0 Å². The Bertz CT molecular complexity index is 687. The fourth-order valence-corrected chi connectivity index (χ4v) is 4.00. The van der Waals surface area contributed by atoms with E-state index in [2.05, 4.69) is 49.1 Å². The van der Waals surface area contributed by atoms with E-state index in [0.29, 0.717) is 11.7 Å². The number of nitrogens with zero attached hydrogens (tertiary/aromatic N) is 1. The second kappa shape index (κ2) is 7.59. The minimum atomic E-state index is 0.107. The quantitative estimate of drug-likeness (QED) is 0.863. The molecule has 1 aliphatic rings. The van der Waals surface area contributed by atoms with Crippen LogP contribution >= 0.6 is 0 Å². The minimum absolute atomic E-state index is 0.107. The van der Waals surface area contributed by atoms with Gasteiger partial charge in [-0.25, -0.2) is 0 Å². The molecule has 3 atom stereocenters. The zero-order valence-corrected chi connectivity index (χ0v) is 15.4. The molecular formula is C22H30N2O. The predicted octanol–water partition coefficient (Wildman–Crippen LogP) is 4.08. The van der Waals surface area contributed by atoms with Crippen LogP contribution in [0, 0.1) is 5.92 Å². The number of piperidine rings is 1. The first-order chi connectivity index (χ1) is 12.0. The van der Waals surface area contributed by atoms with E-state index >= 15 is 0 Å². The molecule has 3 N–H and O–H groups in total. The average Bonchev–Trinajstić information content (AvgIpc) is 2.63. The van der Waals surface area contributed by atoms with Crippen molar-refractivity contribution in [3.8, 4) is 5.75 Å². The van der Waals surface area contributed by atoms with E-state index in [1.807, 2.05) is 18.2 Å². The van der Waals surface area contributed by atoms with Crippen LogP contribution in [0.4, 0.5) is 0 Å². The lowest BCUT2D eigenvalue weighted by atomic mass is 9.68. The molecule has 0 saturated carbocycles. The highest BCUT2D eigenvalue weighted by Crippen LogP contribution is 2.40. The number of hydrogen-bond acceptors (Lipinski definition) is 3. The van der Waals surface area contributed by atoms with Crippen LogP contribution in [0.2, 0.25) is 0 Å². The van der Waals surface area contributed by atoms with Gasteiger partial charge in [0.25, 0.3) is 0 Å². The molecule has 3 nitrogen and oxygen atoms in total. The van der Waals surface area contributed by atoms with Gasteiger partial charge in [-0.1, -0.05) is 56.3 Å². The maximum Gasteiger partial charge on any atom is 0.115 e. The van der Waals surface area contributed by atoms with Crippen LogP contribution in [0.5, 0.6) is 5.75 Å². The maximum absolute atomic E-state index is 9.83. The van der Waals surface area contributed by atoms with Crippen molar-refractivity contribution in [3.63, 3.8) is 0 Å². The maximum atomic E-state index is 9.83. The molecule has 2 aromatic rings. The molecule has 0 radical (unpaired) electrons. The molecule has 0 spiro atoms. The van der Waals surface area contributed by atoms with Crippen molar-refractivity contribution < 1.29 is 5.11 Å². The van der Waals surface area contributed by atoms with Gasteiger partial charge in [0.2, 0.25) is 0 Å². The predicted molar refractivity (Wildman–Crippen MR) is 104 cm³/mol. The summed E-state index contributed by atoms with van der Waals surface area (Å²) in [6.45, 7) is 7.86. The number of hydrogen-bond donors (Lipinski definition) is 2. The molecule has 0 aliphatic carbocycles. The third kappa shape index (κ3) is 4.05. The first kappa shape index (κ1) is 18.0. The molecule has 3 heteroatoms. The SMILES string of the molecule is C[C@H]1CN(CCC(N)c2ccccc2)CC[C@]1(C)c1cccc(O)c1. The molecule has 0 aromatic heterocycles. The van der Waals surface area contributed by atoms with Crippen molar-refractivity contribution >= 4 is 0 Å². The Kier molecular flexibility index (Phi) is 5.45. The van der Waals surface area contributed by atoms with E-state index < -0.39 is 0 Å². The molecule has 1 fully saturated rings. The van der Waals surface area contributed by atoms with Crippen LogP contribution in [0.15, 0.2) is 54.6 Å². The number of phenolic OH excluding ortho intramolecular Hbond substituents is 1. The summed E-state index contributed by atoms with van der Waals surface area (Å²) in [7, 11) is 0. The van der Waals surface area contributed by atoms with E-state index in [1.54, 1.807) is 6.07 Å². The van der Waals surface area contributed by atoms with E-state index in [1.165, 1.54) is 11.1 Å². The van der Waals surface area contributed by atoms with Crippen LogP contribution in [-0.4, -0.2) is 29.6 Å². The van der Waals surface area contributed by atoms with E-state index in [0.717, 1.165) is 32.5 Å². The van der Waals surface area contributed by atoms with Crippen LogP contribution in [0.25, 0.3) is 0 Å². The van der Waals surface area contributed by atoms with Gasteiger partial charge in [0.05, 0.1) is 0 Å². The number of benzene rings is 2. The lowest BCUT2D eigenvalue weighted by molar-refractivity contribution is 0.108. The summed E-state index contributed by atoms with van der Waals surface area (Å²) in [6, 6.07) is 18.3. The minimum Gasteiger partial charge on any atom is -0.508 e. The topological polar surface area (TPSA) is 49.5 Å². The molecule has 1 saturated heterocycles. The summed E-state index contributed by atoms with van der Waals surface area (Å²) in [6.07, 6.45) is 2.10. The zero-order chi connectivity index (χ0) is 17.9. The Balaban J connectivity index is 1.58. The molecular weight excluding hydrogens is 308 g/mol. The van der Waals surface area contributed by atoms with Gasteiger partial charge in [-0.05, 0) is 60.5 Å². The smallest absolute Gasteiger partial charge is 0.115 e. The summed E-state index contributed by atoms with van der Waals surface area (Å²) >= 11 is 0. The van der Waals surface area contributed by atoms with Gasteiger partial charge in [0.1, 0.15) is 5.75 Å². The lowest BCUT2D eigenvalue weighted by Crippen LogP contribution is -2.47. The highest BCUT2D eigenvalue weighted by atomic mass is 16.3. The van der Waals surface area contributed by atoms with Gasteiger partial charge in [-0.15, -0.1) is 0 Å². The largest absolute Gasteiger partial charge is 0.508 e. The average molecular weight is 338 g/mol. The first-order valence-electron chi connectivity index (χ1n) is 9.31. The molecule has 0 bridgehead atoms. The standard InChI is InChI=1S/C22H30N2O/c1-17-16-24(13-11-21(23)18-7-4-3-5-8-18)14-12-22(17,2)19-9-6-10-20(25)15-19/h3-10,15,17,21,25H,11-14,16,23H2,1-2H3/t17-,21?,22-/m0/s1. The van der Waals surface area contributed by atoms with E-state index in [9.17, 15) is 5.11 Å². The van der Waals surface area contributed by atoms with Crippen LogP contribution < -0.4 is 5.73 Å². The van der Waals surface area contributed by atoms with Gasteiger partial charge in [0, 0.05) is 12.6 Å². The van der Waals surface area contributed by atoms with E-state index in [4.69, 9.17) is 5.73 Å². The fourth-order valence-electron chi connectivity index (χ4n) is 4.00. The molecule has 1 unspecified atom stereocenters. The number of phenols is 1. The Labute approximate surface area is 151 Å². The van der Waals surface area contributed by atoms with Gasteiger partial charge >= 0.3 is 0 Å². The van der Waals surface area contributed by atoms with Crippen molar-refractivity contribution in [1.82, 2.24) is 4.90 Å². The zero-order valence-electron chi connectivity index (χ0n) is 15.4. The van der Waals surface area contributed by atoms with Crippen molar-refractivity contribution in [2.24, 2.45) is 11.7 Å². The third-order valence-electron chi connectivity index (χ3n) is 6.06. The Morgan fingerprint density at radius 3 is 2.64 bits per heavy atom. The van der Waals surface area contributed by atoms with Crippen LogP contribution in [0.1, 0.15) is 43.9 Å². The van der Waals surface area contributed by atoms with E-state index in [-0.39, 0.29) is 11.5 Å². The van der Waals surface area contributed by atoms with Crippen LogP contribution in [0.3, 0.4) is 0 Å². The molecule has 1 heterocycles. The summed E-state index contributed by atoms with van der Waals surface area (Å²) in [5.41, 5.74) is 8.95. The van der Waals surface area contributed by atoms with Gasteiger partial charge in [0.15, 0.2) is 0 Å². The Hall–Kier alpha value is -1.84. The van der Waals surface area contributed by atoms with Crippen LogP contribution in [-0.2, 0) is 5.41 Å². The Morgan fingerprint density at radius 2 is 1.96 bits per heavy atom. The fraction of sp³-hybridized carbons (Fsp3) is 0.455. The molecule has 134 valence electrons. The number of rotatable bonds is 5. The third-order valence-corrected chi connectivity index (χ3v) is 6.06. The molecule has 25 heavy (non-hydrogen) atoms. The van der Waals surface area contributed by atoms with Crippen molar-refractivity contribution in [3.05, 3.63) is 65.7 Å². The van der Waals surface area contributed by atoms with Gasteiger partial charge < -0.3 is 15.7 Å². The first-order valence-corrected chi connectivity index (χ1v) is 9.31. The van der Waals surface area contributed by atoms with Crippen molar-refractivity contribution in [2.45, 2.75) is 38.1 Å². The molecule has 3 rings (SSSR count). The number of likely N-dealkylation sites (tertiary alicyclic amines) is 1. The summed E-state index contributed by atoms with van der Waals surface area (Å²) in [5, 5.41) is 9.83. The van der Waals surface area contributed by atoms with Gasteiger partial charge in [-0.2, -0.15) is 0 Å².